The fourth-order valence-electron chi connectivity index (χ4n) is 11.0. The Kier molecular flexibility index (Phi) is 6.33. The molecule has 0 aromatic rings. The number of hydrogen-bond acceptors (Lipinski definition) is 5. The monoisotopic (exact) mass is 530 g/mol. The summed E-state index contributed by atoms with van der Waals surface area (Å²) in [5, 5.41) is 32.9. The Hall–Kier alpha value is -1.40. The van der Waals surface area contributed by atoms with Gasteiger partial charge in [-0.2, -0.15) is 0 Å². The summed E-state index contributed by atoms with van der Waals surface area (Å²) in [6.07, 6.45) is 8.14. The second-order valence-corrected chi connectivity index (χ2v) is 15.7. The lowest BCUT2D eigenvalue weighted by molar-refractivity contribution is -0.245. The molecule has 0 aromatic carbocycles. The highest BCUT2D eigenvalue weighted by Crippen LogP contribution is 2.75. The van der Waals surface area contributed by atoms with Crippen LogP contribution in [0.2, 0.25) is 0 Å². The molecule has 0 heterocycles. The highest BCUT2D eigenvalue weighted by Gasteiger charge is 2.70. The Balaban J connectivity index is 1.58. The number of aliphatic carboxylic acids is 1. The number of hydrogen-bond donors (Lipinski definition) is 3. The predicted molar refractivity (Wildman–Crippen MR) is 145 cm³/mol. The maximum absolute atomic E-state index is 12.8. The van der Waals surface area contributed by atoms with Crippen LogP contribution in [0.5, 0.6) is 0 Å². The van der Waals surface area contributed by atoms with Gasteiger partial charge in [0, 0.05) is 12.3 Å². The summed E-state index contributed by atoms with van der Waals surface area (Å²) >= 11 is 0. The molecule has 0 aromatic heterocycles. The zero-order valence-electron chi connectivity index (χ0n) is 24.6. The largest absolute Gasteiger partial charge is 0.481 e. The van der Waals surface area contributed by atoms with Gasteiger partial charge in [-0.15, -0.1) is 0 Å². The van der Waals surface area contributed by atoms with E-state index in [-0.39, 0.29) is 52.0 Å². The maximum atomic E-state index is 12.8. The topological polar surface area (TPSA) is 104 Å². The first-order valence-corrected chi connectivity index (χ1v) is 14.9. The molecule has 0 unspecified atom stereocenters. The smallest absolute Gasteiger partial charge is 0.310 e. The lowest BCUT2D eigenvalue weighted by Crippen LogP contribution is -2.68. The minimum absolute atomic E-state index is 0.0427. The van der Waals surface area contributed by atoms with Gasteiger partial charge in [-0.25, -0.2) is 0 Å². The van der Waals surface area contributed by atoms with E-state index in [4.69, 9.17) is 4.74 Å². The fourth-order valence-corrected chi connectivity index (χ4v) is 11.0. The van der Waals surface area contributed by atoms with Crippen LogP contribution in [-0.4, -0.2) is 46.1 Å². The first kappa shape index (κ1) is 28.1. The SMILES string of the molecule is CC(=O)OC[C@@]1(C)[C@@H]2CC[C@]3(C)[C@H](CC=C4[C@@H]5CC(C)(C)CC[C@]5(C(=O)O)CC[C@]43C)[C@@]2(C)C[C@@H](O)[C@@H]1O. The van der Waals surface area contributed by atoms with Gasteiger partial charge in [0.25, 0.3) is 0 Å². The quantitative estimate of drug-likeness (QED) is 0.317. The van der Waals surface area contributed by atoms with Crippen LogP contribution >= 0.6 is 0 Å². The Labute approximate surface area is 228 Å². The third-order valence-corrected chi connectivity index (χ3v) is 13.4. The second-order valence-electron chi connectivity index (χ2n) is 15.7. The summed E-state index contributed by atoms with van der Waals surface area (Å²) in [5.74, 6) is -0.513. The molecule has 5 aliphatic rings. The van der Waals surface area contributed by atoms with Crippen molar-refractivity contribution >= 4 is 11.9 Å². The molecule has 3 N–H and O–H groups in total. The molecule has 0 bridgehead atoms. The first-order chi connectivity index (χ1) is 17.5. The highest BCUT2D eigenvalue weighted by molar-refractivity contribution is 5.76. The van der Waals surface area contributed by atoms with Gasteiger partial charge in [0.15, 0.2) is 0 Å². The third kappa shape index (κ3) is 3.57. The minimum atomic E-state index is -0.940. The summed E-state index contributed by atoms with van der Waals surface area (Å²) in [6.45, 7) is 15.2. The van der Waals surface area contributed by atoms with Crippen molar-refractivity contribution < 1.29 is 29.6 Å². The molecular weight excluding hydrogens is 480 g/mol. The van der Waals surface area contributed by atoms with Crippen molar-refractivity contribution in [2.75, 3.05) is 6.61 Å². The van der Waals surface area contributed by atoms with E-state index in [1.165, 1.54) is 12.5 Å². The molecule has 0 saturated heterocycles. The van der Waals surface area contributed by atoms with E-state index in [0.29, 0.717) is 6.42 Å². The molecule has 10 atom stereocenters. The van der Waals surface area contributed by atoms with Crippen LogP contribution in [0.25, 0.3) is 0 Å². The third-order valence-electron chi connectivity index (χ3n) is 13.4. The van der Waals surface area contributed by atoms with Crippen molar-refractivity contribution in [2.24, 2.45) is 50.2 Å². The van der Waals surface area contributed by atoms with Crippen molar-refractivity contribution in [2.45, 2.75) is 118 Å². The van der Waals surface area contributed by atoms with Crippen molar-refractivity contribution in [1.82, 2.24) is 0 Å². The molecule has 6 nitrogen and oxygen atoms in total. The van der Waals surface area contributed by atoms with Gasteiger partial charge < -0.3 is 20.1 Å². The number of carboxylic acid groups (broad SMARTS) is 1. The number of allylic oxidation sites excluding steroid dienone is 2. The number of fused-ring (bicyclic) bond motifs is 7. The molecule has 0 spiro atoms. The number of carbonyl (C=O) groups excluding carboxylic acids is 1. The van der Waals surface area contributed by atoms with E-state index in [1.807, 2.05) is 6.92 Å². The average molecular weight is 531 g/mol. The van der Waals surface area contributed by atoms with Gasteiger partial charge in [0.05, 0.1) is 24.2 Å². The molecule has 0 radical (unpaired) electrons. The Morgan fingerprint density at radius 2 is 1.61 bits per heavy atom. The van der Waals surface area contributed by atoms with Gasteiger partial charge in [-0.3, -0.25) is 9.59 Å². The van der Waals surface area contributed by atoms with Crippen molar-refractivity contribution in [1.29, 1.82) is 0 Å². The van der Waals surface area contributed by atoms with Crippen LogP contribution in [-0.2, 0) is 14.3 Å². The van der Waals surface area contributed by atoms with E-state index in [9.17, 15) is 24.9 Å². The van der Waals surface area contributed by atoms with E-state index in [2.05, 4.69) is 40.7 Å². The first-order valence-electron chi connectivity index (χ1n) is 14.9. The van der Waals surface area contributed by atoms with Crippen LogP contribution in [0.3, 0.4) is 0 Å². The average Bonchev–Trinajstić information content (AvgIpc) is 2.81. The lowest BCUT2D eigenvalue weighted by Gasteiger charge is -2.71. The van der Waals surface area contributed by atoms with Gasteiger partial charge >= 0.3 is 11.9 Å². The van der Waals surface area contributed by atoms with Crippen LogP contribution in [0, 0.1) is 50.2 Å². The molecule has 214 valence electrons. The van der Waals surface area contributed by atoms with Gasteiger partial charge in [0.2, 0.25) is 0 Å². The standard InChI is InChI=1S/C32H50O6/c1-19(33)38-18-29(5)23-10-11-31(7)24(28(23,4)17-22(34)25(29)35)9-8-20-21-16-27(2,3)12-14-32(21,26(36)37)15-13-30(20,31)6/h8,21-25,34-35H,9-18H2,1-7H3,(H,36,37)/t21-,22+,23+,24+,25-,28-,29-,30+,31+,32-/m0/s1. The van der Waals surface area contributed by atoms with Crippen LogP contribution in [0.1, 0.15) is 106 Å². The minimum Gasteiger partial charge on any atom is -0.481 e. The van der Waals surface area contributed by atoms with Gasteiger partial charge in [0.1, 0.15) is 0 Å². The molecule has 6 heteroatoms. The predicted octanol–water partition coefficient (Wildman–Crippen LogP) is 5.75. The van der Waals surface area contributed by atoms with E-state index in [1.54, 1.807) is 0 Å². The summed E-state index contributed by atoms with van der Waals surface area (Å²) in [6, 6.07) is 0. The van der Waals surface area contributed by atoms with Crippen LogP contribution in [0.4, 0.5) is 0 Å². The van der Waals surface area contributed by atoms with E-state index < -0.39 is 29.0 Å². The number of carboxylic acids is 1. The molecule has 4 saturated carbocycles. The zero-order chi connectivity index (χ0) is 28.1. The molecule has 38 heavy (non-hydrogen) atoms. The van der Waals surface area contributed by atoms with Crippen molar-refractivity contribution in [3.63, 3.8) is 0 Å². The lowest BCUT2D eigenvalue weighted by atomic mass is 9.33. The summed E-state index contributed by atoms with van der Waals surface area (Å²) in [5.41, 5.74) is -0.237. The molecule has 0 amide bonds. The Morgan fingerprint density at radius 3 is 2.24 bits per heavy atom. The number of carbonyl (C=O) groups is 2. The maximum Gasteiger partial charge on any atom is 0.310 e. The molecule has 5 rings (SSSR count). The highest BCUT2D eigenvalue weighted by atomic mass is 16.5. The van der Waals surface area contributed by atoms with Gasteiger partial charge in [-0.05, 0) is 97.2 Å². The molecule has 4 fully saturated rings. The van der Waals surface area contributed by atoms with E-state index >= 15 is 0 Å². The van der Waals surface area contributed by atoms with E-state index in [0.717, 1.165) is 51.4 Å². The molecular formula is C32H50O6. The Morgan fingerprint density at radius 1 is 0.947 bits per heavy atom. The molecule has 0 aliphatic heterocycles. The van der Waals surface area contributed by atoms with Crippen molar-refractivity contribution in [3.8, 4) is 0 Å². The Bertz CT molecular complexity index is 1050. The number of aliphatic hydroxyl groups excluding tert-OH is 2. The second kappa shape index (κ2) is 8.55. The summed E-state index contributed by atoms with van der Waals surface area (Å²) < 4.78 is 5.50. The summed E-state index contributed by atoms with van der Waals surface area (Å²) in [4.78, 5) is 24.6. The van der Waals surface area contributed by atoms with Gasteiger partial charge in [-0.1, -0.05) is 53.2 Å². The van der Waals surface area contributed by atoms with Crippen molar-refractivity contribution in [3.05, 3.63) is 11.6 Å². The number of esters is 1. The number of aliphatic hydroxyl groups is 2. The summed E-state index contributed by atoms with van der Waals surface area (Å²) in [7, 11) is 0. The van der Waals surface area contributed by atoms with Crippen LogP contribution < -0.4 is 0 Å². The number of rotatable bonds is 3. The fraction of sp³-hybridized carbons (Fsp3) is 0.875. The normalized spacial score (nSPS) is 51.4. The molecule has 5 aliphatic carbocycles. The number of ether oxygens (including phenoxy) is 1. The zero-order valence-corrected chi connectivity index (χ0v) is 24.6. The van der Waals surface area contributed by atoms with Crippen LogP contribution in [0.15, 0.2) is 11.6 Å².